The number of aliphatic hydroxyl groups is 1. The van der Waals surface area contributed by atoms with Crippen LogP contribution in [0.5, 0.6) is 0 Å². The van der Waals surface area contributed by atoms with Gasteiger partial charge in [-0.15, -0.1) is 0 Å². The zero-order valence-electron chi connectivity index (χ0n) is 7.98. The standard InChI is InChI=1S/C11H14O3/c12-7-5-9-1-3-10(4-2-9)11-6-8-13-14-11/h1-4,11-12H,5-8H2. The Bertz CT molecular complexity index is 275. The monoisotopic (exact) mass is 194 g/mol. The van der Waals surface area contributed by atoms with E-state index in [2.05, 4.69) is 0 Å². The third-order valence-corrected chi connectivity index (χ3v) is 2.40. The van der Waals surface area contributed by atoms with Crippen LogP contribution >= 0.6 is 0 Å². The van der Waals surface area contributed by atoms with Gasteiger partial charge in [-0.2, -0.15) is 0 Å². The summed E-state index contributed by atoms with van der Waals surface area (Å²) in [4.78, 5) is 9.94. The Balaban J connectivity index is 2.05. The fourth-order valence-corrected chi connectivity index (χ4v) is 1.58. The highest BCUT2D eigenvalue weighted by Gasteiger charge is 2.18. The second kappa shape index (κ2) is 4.55. The van der Waals surface area contributed by atoms with Crippen LogP contribution in [-0.4, -0.2) is 18.3 Å². The molecule has 1 heterocycles. The molecule has 76 valence electrons. The molecule has 1 atom stereocenters. The molecular weight excluding hydrogens is 180 g/mol. The quantitative estimate of drug-likeness (QED) is 0.743. The van der Waals surface area contributed by atoms with Crippen molar-refractivity contribution >= 4 is 0 Å². The van der Waals surface area contributed by atoms with Crippen molar-refractivity contribution in [3.8, 4) is 0 Å². The van der Waals surface area contributed by atoms with E-state index in [0.29, 0.717) is 13.0 Å². The van der Waals surface area contributed by atoms with Crippen molar-refractivity contribution in [2.75, 3.05) is 13.2 Å². The molecule has 0 radical (unpaired) electrons. The van der Waals surface area contributed by atoms with Crippen LogP contribution in [-0.2, 0) is 16.2 Å². The zero-order valence-corrected chi connectivity index (χ0v) is 7.98. The molecule has 0 bridgehead atoms. The summed E-state index contributed by atoms with van der Waals surface area (Å²) in [6.45, 7) is 0.867. The Morgan fingerprint density at radius 1 is 1.29 bits per heavy atom. The third-order valence-electron chi connectivity index (χ3n) is 2.40. The molecule has 0 saturated carbocycles. The average Bonchev–Trinajstić information content (AvgIpc) is 2.72. The minimum Gasteiger partial charge on any atom is -0.396 e. The van der Waals surface area contributed by atoms with E-state index in [1.165, 1.54) is 0 Å². The van der Waals surface area contributed by atoms with E-state index >= 15 is 0 Å². The minimum absolute atomic E-state index is 0.0816. The summed E-state index contributed by atoms with van der Waals surface area (Å²) in [7, 11) is 0. The first-order valence-corrected chi connectivity index (χ1v) is 4.88. The molecule has 3 nitrogen and oxygen atoms in total. The van der Waals surface area contributed by atoms with Gasteiger partial charge in [-0.3, -0.25) is 0 Å². The lowest BCUT2D eigenvalue weighted by atomic mass is 10.0. The highest BCUT2D eigenvalue weighted by molar-refractivity contribution is 5.24. The zero-order chi connectivity index (χ0) is 9.80. The number of rotatable bonds is 3. The van der Waals surface area contributed by atoms with E-state index in [0.717, 1.165) is 17.5 Å². The number of aliphatic hydroxyl groups excluding tert-OH is 1. The van der Waals surface area contributed by atoms with Crippen LogP contribution in [0.4, 0.5) is 0 Å². The maximum absolute atomic E-state index is 8.76. The van der Waals surface area contributed by atoms with Crippen molar-refractivity contribution in [3.63, 3.8) is 0 Å². The number of benzene rings is 1. The molecule has 1 N–H and O–H groups in total. The van der Waals surface area contributed by atoms with Gasteiger partial charge in [0.1, 0.15) is 6.10 Å². The van der Waals surface area contributed by atoms with Crippen molar-refractivity contribution in [3.05, 3.63) is 35.4 Å². The summed E-state index contributed by atoms with van der Waals surface area (Å²) < 4.78 is 0. The maximum Gasteiger partial charge on any atom is 0.120 e. The summed E-state index contributed by atoms with van der Waals surface area (Å²) in [6, 6.07) is 8.11. The molecule has 1 aromatic rings. The lowest BCUT2D eigenvalue weighted by molar-refractivity contribution is -0.276. The Hall–Kier alpha value is -0.900. The van der Waals surface area contributed by atoms with Crippen molar-refractivity contribution in [1.29, 1.82) is 0 Å². The van der Waals surface area contributed by atoms with Crippen LogP contribution in [0, 0.1) is 0 Å². The summed E-state index contributed by atoms with van der Waals surface area (Å²) in [5.74, 6) is 0. The van der Waals surface area contributed by atoms with Gasteiger partial charge in [0.05, 0.1) is 6.61 Å². The van der Waals surface area contributed by atoms with Crippen molar-refractivity contribution in [2.45, 2.75) is 18.9 Å². The Labute approximate surface area is 83.2 Å². The van der Waals surface area contributed by atoms with E-state index in [9.17, 15) is 0 Å². The van der Waals surface area contributed by atoms with Crippen LogP contribution in [0.1, 0.15) is 23.7 Å². The second-order valence-corrected chi connectivity index (χ2v) is 3.41. The molecule has 14 heavy (non-hydrogen) atoms. The Morgan fingerprint density at radius 3 is 2.64 bits per heavy atom. The molecule has 0 spiro atoms. The van der Waals surface area contributed by atoms with Crippen LogP contribution in [0.25, 0.3) is 0 Å². The molecule has 3 heteroatoms. The van der Waals surface area contributed by atoms with Gasteiger partial charge >= 0.3 is 0 Å². The van der Waals surface area contributed by atoms with Gasteiger partial charge in [0.25, 0.3) is 0 Å². The molecule has 1 aliphatic heterocycles. The van der Waals surface area contributed by atoms with Crippen LogP contribution in [0.15, 0.2) is 24.3 Å². The molecule has 1 fully saturated rings. The van der Waals surface area contributed by atoms with Crippen molar-refractivity contribution < 1.29 is 14.9 Å². The van der Waals surface area contributed by atoms with Gasteiger partial charge < -0.3 is 5.11 Å². The van der Waals surface area contributed by atoms with E-state index in [-0.39, 0.29) is 12.7 Å². The molecular formula is C11H14O3. The lowest BCUT2D eigenvalue weighted by Crippen LogP contribution is -1.96. The summed E-state index contributed by atoms with van der Waals surface area (Å²) in [5, 5.41) is 8.76. The molecule has 0 aromatic heterocycles. The molecule has 0 amide bonds. The highest BCUT2D eigenvalue weighted by atomic mass is 17.2. The fourth-order valence-electron chi connectivity index (χ4n) is 1.58. The third kappa shape index (κ3) is 2.12. The van der Waals surface area contributed by atoms with E-state index in [1.807, 2.05) is 24.3 Å². The highest BCUT2D eigenvalue weighted by Crippen LogP contribution is 2.26. The minimum atomic E-state index is 0.0816. The second-order valence-electron chi connectivity index (χ2n) is 3.41. The predicted molar refractivity (Wildman–Crippen MR) is 51.6 cm³/mol. The van der Waals surface area contributed by atoms with E-state index in [4.69, 9.17) is 14.9 Å². The fraction of sp³-hybridized carbons (Fsp3) is 0.455. The van der Waals surface area contributed by atoms with Gasteiger partial charge in [-0.1, -0.05) is 24.3 Å². The first-order valence-electron chi connectivity index (χ1n) is 4.88. The Morgan fingerprint density at radius 2 is 2.07 bits per heavy atom. The molecule has 1 aliphatic rings. The van der Waals surface area contributed by atoms with Crippen molar-refractivity contribution in [2.24, 2.45) is 0 Å². The normalized spacial score (nSPS) is 21.4. The molecule has 2 rings (SSSR count). The van der Waals surface area contributed by atoms with Gasteiger partial charge in [-0.05, 0) is 17.5 Å². The number of hydrogen-bond donors (Lipinski definition) is 1. The largest absolute Gasteiger partial charge is 0.396 e. The van der Waals surface area contributed by atoms with Gasteiger partial charge in [-0.25, -0.2) is 9.78 Å². The first-order chi connectivity index (χ1) is 6.90. The summed E-state index contributed by atoms with van der Waals surface area (Å²) in [6.07, 6.45) is 1.71. The predicted octanol–water partition coefficient (Wildman–Crippen LogP) is 1.61. The number of hydrogen-bond acceptors (Lipinski definition) is 3. The Kier molecular flexibility index (Phi) is 3.14. The maximum atomic E-state index is 8.76. The van der Waals surface area contributed by atoms with Gasteiger partial charge in [0, 0.05) is 13.0 Å². The molecule has 0 aliphatic carbocycles. The van der Waals surface area contributed by atoms with E-state index in [1.54, 1.807) is 0 Å². The lowest BCUT2D eigenvalue weighted by Gasteiger charge is -2.07. The van der Waals surface area contributed by atoms with Crippen LogP contribution in [0.2, 0.25) is 0 Å². The van der Waals surface area contributed by atoms with E-state index < -0.39 is 0 Å². The van der Waals surface area contributed by atoms with Gasteiger partial charge in [0.15, 0.2) is 0 Å². The topological polar surface area (TPSA) is 38.7 Å². The first kappa shape index (κ1) is 9.65. The van der Waals surface area contributed by atoms with Crippen molar-refractivity contribution in [1.82, 2.24) is 0 Å². The average molecular weight is 194 g/mol. The smallest absolute Gasteiger partial charge is 0.120 e. The van der Waals surface area contributed by atoms with Gasteiger partial charge in [0.2, 0.25) is 0 Å². The SMILES string of the molecule is OCCc1ccc(C2CCOO2)cc1. The summed E-state index contributed by atoms with van der Waals surface area (Å²) in [5.41, 5.74) is 2.29. The van der Waals surface area contributed by atoms with Crippen LogP contribution < -0.4 is 0 Å². The van der Waals surface area contributed by atoms with Crippen LogP contribution in [0.3, 0.4) is 0 Å². The molecule has 1 aromatic carbocycles. The summed E-state index contributed by atoms with van der Waals surface area (Å²) >= 11 is 0. The molecule has 1 unspecified atom stereocenters. The molecule has 1 saturated heterocycles.